The van der Waals surface area contributed by atoms with Crippen molar-refractivity contribution in [2.45, 2.75) is 53.0 Å². The minimum atomic E-state index is -0.759. The summed E-state index contributed by atoms with van der Waals surface area (Å²) in [5.74, 6) is 2.28. The highest BCUT2D eigenvalue weighted by Gasteiger charge is 2.30. The predicted molar refractivity (Wildman–Crippen MR) is 98.1 cm³/mol. The molecule has 0 aliphatic carbocycles. The van der Waals surface area contributed by atoms with Crippen molar-refractivity contribution in [1.29, 1.82) is 0 Å². The molecule has 0 aromatic carbocycles. The number of rotatable bonds is 6. The van der Waals surface area contributed by atoms with Crippen LogP contribution < -0.4 is 5.32 Å². The van der Waals surface area contributed by atoms with Crippen LogP contribution in [0.5, 0.6) is 0 Å². The van der Waals surface area contributed by atoms with E-state index in [9.17, 15) is 4.79 Å². The third-order valence-corrected chi connectivity index (χ3v) is 5.04. The van der Waals surface area contributed by atoms with Crippen LogP contribution >= 0.6 is 11.3 Å². The average Bonchev–Trinajstić information content (AvgIpc) is 3.27. The second kappa shape index (κ2) is 7.03. The molecule has 0 spiro atoms. The Bertz CT molecular complexity index is 923. The number of aromatic nitrogens is 3. The summed E-state index contributed by atoms with van der Waals surface area (Å²) in [5, 5.41) is 7.66. The van der Waals surface area contributed by atoms with Gasteiger partial charge in [0.2, 0.25) is 5.89 Å². The van der Waals surface area contributed by atoms with Crippen LogP contribution in [0.25, 0.3) is 10.8 Å². The molecule has 26 heavy (non-hydrogen) atoms. The molecule has 3 heterocycles. The molecule has 1 amide bonds. The molecule has 0 aliphatic rings. The number of thiazole rings is 1. The SMILES string of the molecule is CCCc1nc(C(C)(C)NC(=O)c2sc(-c3ccc(C)o3)nc2C)no1. The maximum atomic E-state index is 12.8. The Kier molecular flexibility index (Phi) is 4.95. The number of nitrogens with zero attached hydrogens (tertiary/aromatic N) is 3. The second-order valence-corrected chi connectivity index (χ2v) is 7.68. The van der Waals surface area contributed by atoms with E-state index in [0.717, 1.165) is 18.6 Å². The lowest BCUT2D eigenvalue weighted by molar-refractivity contribution is 0.0911. The molecule has 8 heteroatoms. The summed E-state index contributed by atoms with van der Waals surface area (Å²) in [7, 11) is 0. The fraction of sp³-hybridized carbons (Fsp3) is 0.444. The molecule has 0 unspecified atom stereocenters. The van der Waals surface area contributed by atoms with E-state index >= 15 is 0 Å². The maximum Gasteiger partial charge on any atom is 0.264 e. The van der Waals surface area contributed by atoms with Crippen molar-refractivity contribution < 1.29 is 13.7 Å². The predicted octanol–water partition coefficient (Wildman–Crippen LogP) is 4.02. The first-order valence-electron chi connectivity index (χ1n) is 8.50. The summed E-state index contributed by atoms with van der Waals surface area (Å²) in [6, 6.07) is 3.73. The zero-order valence-corrected chi connectivity index (χ0v) is 16.4. The Morgan fingerprint density at radius 2 is 2.04 bits per heavy atom. The van der Waals surface area contributed by atoms with Crippen LogP contribution in [-0.2, 0) is 12.0 Å². The fourth-order valence-corrected chi connectivity index (χ4v) is 3.41. The molecular weight excluding hydrogens is 352 g/mol. The third-order valence-electron chi connectivity index (χ3n) is 3.87. The molecule has 0 fully saturated rings. The number of furan rings is 1. The standard InChI is InChI=1S/C18H22N4O3S/c1-6-7-13-20-17(22-25-13)18(4,5)21-15(23)14-11(3)19-16(26-14)12-9-8-10(2)24-12/h8-9H,6-7H2,1-5H3,(H,21,23). The summed E-state index contributed by atoms with van der Waals surface area (Å²) in [6.07, 6.45) is 1.64. The molecule has 0 saturated carbocycles. The van der Waals surface area contributed by atoms with Gasteiger partial charge < -0.3 is 14.3 Å². The molecule has 0 saturated heterocycles. The van der Waals surface area contributed by atoms with Gasteiger partial charge in [0.25, 0.3) is 5.91 Å². The number of aryl methyl sites for hydroxylation is 3. The Morgan fingerprint density at radius 1 is 1.27 bits per heavy atom. The lowest BCUT2D eigenvalue weighted by Crippen LogP contribution is -2.41. The van der Waals surface area contributed by atoms with E-state index in [1.54, 1.807) is 0 Å². The summed E-state index contributed by atoms with van der Waals surface area (Å²) < 4.78 is 10.8. The van der Waals surface area contributed by atoms with E-state index in [0.29, 0.717) is 33.1 Å². The van der Waals surface area contributed by atoms with Crippen LogP contribution in [0, 0.1) is 13.8 Å². The Hall–Kier alpha value is -2.48. The van der Waals surface area contributed by atoms with Crippen molar-refractivity contribution in [3.05, 3.63) is 40.2 Å². The summed E-state index contributed by atoms with van der Waals surface area (Å²) in [4.78, 5) is 22.2. The van der Waals surface area contributed by atoms with E-state index in [1.165, 1.54) is 11.3 Å². The second-order valence-electron chi connectivity index (χ2n) is 6.68. The fourth-order valence-electron chi connectivity index (χ4n) is 2.48. The zero-order valence-electron chi connectivity index (χ0n) is 15.5. The minimum absolute atomic E-state index is 0.221. The molecule has 3 rings (SSSR count). The summed E-state index contributed by atoms with van der Waals surface area (Å²) in [6.45, 7) is 9.42. The van der Waals surface area contributed by atoms with Gasteiger partial charge >= 0.3 is 0 Å². The van der Waals surface area contributed by atoms with Crippen LogP contribution in [0.1, 0.15) is 60.0 Å². The number of carbonyl (C=O) groups is 1. The Morgan fingerprint density at radius 3 is 2.69 bits per heavy atom. The Labute approximate surface area is 155 Å². The summed E-state index contributed by atoms with van der Waals surface area (Å²) in [5.41, 5.74) is -0.100. The topological polar surface area (TPSA) is 94.1 Å². The average molecular weight is 374 g/mol. The lowest BCUT2D eigenvalue weighted by Gasteiger charge is -2.21. The van der Waals surface area contributed by atoms with Gasteiger partial charge in [-0.25, -0.2) is 4.98 Å². The highest BCUT2D eigenvalue weighted by Crippen LogP contribution is 2.30. The molecular formula is C18H22N4O3S. The number of hydrogen-bond acceptors (Lipinski definition) is 7. The van der Waals surface area contributed by atoms with Crippen molar-refractivity contribution in [2.75, 3.05) is 0 Å². The molecule has 0 aliphatic heterocycles. The van der Waals surface area contributed by atoms with Crippen molar-refractivity contribution in [3.8, 4) is 10.8 Å². The maximum absolute atomic E-state index is 12.8. The largest absolute Gasteiger partial charge is 0.459 e. The van der Waals surface area contributed by atoms with Gasteiger partial charge in [-0.1, -0.05) is 12.1 Å². The number of nitrogens with one attached hydrogen (secondary N) is 1. The van der Waals surface area contributed by atoms with E-state index in [-0.39, 0.29) is 5.91 Å². The van der Waals surface area contributed by atoms with Crippen molar-refractivity contribution in [3.63, 3.8) is 0 Å². The molecule has 138 valence electrons. The molecule has 0 atom stereocenters. The molecule has 0 radical (unpaired) electrons. The van der Waals surface area contributed by atoms with Gasteiger partial charge in [0.1, 0.15) is 10.6 Å². The van der Waals surface area contributed by atoms with E-state index in [4.69, 9.17) is 8.94 Å². The smallest absolute Gasteiger partial charge is 0.264 e. The Balaban J connectivity index is 1.79. The summed E-state index contributed by atoms with van der Waals surface area (Å²) >= 11 is 1.30. The van der Waals surface area contributed by atoms with Gasteiger partial charge in [0.05, 0.1) is 11.2 Å². The van der Waals surface area contributed by atoms with Gasteiger partial charge in [-0.2, -0.15) is 4.98 Å². The highest BCUT2D eigenvalue weighted by atomic mass is 32.1. The van der Waals surface area contributed by atoms with Gasteiger partial charge in [-0.15, -0.1) is 11.3 Å². The first kappa shape index (κ1) is 18.3. The van der Waals surface area contributed by atoms with Crippen molar-refractivity contribution in [1.82, 2.24) is 20.4 Å². The first-order valence-corrected chi connectivity index (χ1v) is 9.31. The van der Waals surface area contributed by atoms with Crippen LogP contribution in [0.15, 0.2) is 21.1 Å². The minimum Gasteiger partial charge on any atom is -0.459 e. The molecule has 3 aromatic rings. The number of amides is 1. The van der Waals surface area contributed by atoms with Gasteiger partial charge in [-0.05, 0) is 46.2 Å². The monoisotopic (exact) mass is 374 g/mol. The van der Waals surface area contributed by atoms with E-state index in [2.05, 4.69) is 20.4 Å². The van der Waals surface area contributed by atoms with Gasteiger partial charge in [0.15, 0.2) is 16.6 Å². The van der Waals surface area contributed by atoms with Crippen molar-refractivity contribution >= 4 is 17.2 Å². The number of hydrogen-bond donors (Lipinski definition) is 1. The zero-order chi connectivity index (χ0) is 18.9. The third kappa shape index (κ3) is 3.70. The lowest BCUT2D eigenvalue weighted by atomic mass is 10.0. The van der Waals surface area contributed by atoms with Crippen LogP contribution in [-0.4, -0.2) is 21.0 Å². The first-order chi connectivity index (χ1) is 12.3. The highest BCUT2D eigenvalue weighted by molar-refractivity contribution is 7.17. The van der Waals surface area contributed by atoms with Crippen LogP contribution in [0.2, 0.25) is 0 Å². The quantitative estimate of drug-likeness (QED) is 0.700. The molecule has 0 bridgehead atoms. The van der Waals surface area contributed by atoms with Crippen LogP contribution in [0.3, 0.4) is 0 Å². The molecule has 1 N–H and O–H groups in total. The van der Waals surface area contributed by atoms with Crippen molar-refractivity contribution in [2.24, 2.45) is 0 Å². The van der Waals surface area contributed by atoms with E-state index in [1.807, 2.05) is 46.8 Å². The van der Waals surface area contributed by atoms with Gasteiger partial charge in [-0.3, -0.25) is 4.79 Å². The normalized spacial score (nSPS) is 11.7. The van der Waals surface area contributed by atoms with Gasteiger partial charge in [0, 0.05) is 6.42 Å². The van der Waals surface area contributed by atoms with E-state index < -0.39 is 5.54 Å². The van der Waals surface area contributed by atoms with Crippen LogP contribution in [0.4, 0.5) is 0 Å². The number of carbonyl (C=O) groups excluding carboxylic acids is 1. The molecule has 3 aromatic heterocycles. The molecule has 7 nitrogen and oxygen atoms in total.